The van der Waals surface area contributed by atoms with Crippen molar-refractivity contribution in [3.63, 3.8) is 0 Å². The van der Waals surface area contributed by atoms with E-state index in [4.69, 9.17) is 10.1 Å². The third-order valence-electron chi connectivity index (χ3n) is 6.53. The lowest BCUT2D eigenvalue weighted by Crippen LogP contribution is -2.41. The molecular weight excluding hydrogens is 476 g/mol. The highest BCUT2D eigenvalue weighted by Gasteiger charge is 2.36. The molecule has 3 aliphatic heterocycles. The quantitative estimate of drug-likeness (QED) is 0.641. The van der Waals surface area contributed by atoms with Crippen LogP contribution in [0.1, 0.15) is 34.5 Å². The molecule has 36 heavy (non-hydrogen) atoms. The van der Waals surface area contributed by atoms with Crippen LogP contribution in [-0.2, 0) is 14.3 Å². The molecule has 2 amide bonds. The Morgan fingerprint density at radius 2 is 1.92 bits per heavy atom. The minimum absolute atomic E-state index is 0.0392. The van der Waals surface area contributed by atoms with Gasteiger partial charge < -0.3 is 14.2 Å². The van der Waals surface area contributed by atoms with E-state index >= 15 is 0 Å². The van der Waals surface area contributed by atoms with E-state index in [0.717, 1.165) is 28.2 Å². The molecule has 0 aliphatic carbocycles. The van der Waals surface area contributed by atoms with Crippen molar-refractivity contribution in [2.75, 3.05) is 26.3 Å². The highest BCUT2D eigenvalue weighted by Crippen LogP contribution is 2.31. The predicted molar refractivity (Wildman–Crippen MR) is 142 cm³/mol. The molecule has 2 aromatic rings. The molecule has 0 unspecified atom stereocenters. The second-order valence-corrected chi connectivity index (χ2v) is 10.2. The summed E-state index contributed by atoms with van der Waals surface area (Å²) in [5.74, 6) is -0.564. The molecule has 186 valence electrons. The topological polar surface area (TPSA) is 103 Å². The number of aromatic nitrogens is 1. The molecule has 0 atom stereocenters. The highest BCUT2D eigenvalue weighted by atomic mass is 32.2. The van der Waals surface area contributed by atoms with Gasteiger partial charge in [-0.1, -0.05) is 17.7 Å². The first-order valence-electron chi connectivity index (χ1n) is 11.8. The van der Waals surface area contributed by atoms with Gasteiger partial charge in [-0.3, -0.25) is 15.0 Å². The summed E-state index contributed by atoms with van der Waals surface area (Å²) in [7, 11) is 0. The number of hydrogen-bond donors (Lipinski definition) is 1. The van der Waals surface area contributed by atoms with Gasteiger partial charge in [-0.05, 0) is 68.8 Å². The molecule has 1 aromatic heterocycles. The third kappa shape index (κ3) is 4.42. The molecule has 0 bridgehead atoms. The minimum atomic E-state index is -0.481. The predicted octanol–water partition coefficient (Wildman–Crippen LogP) is 3.58. The molecule has 4 heterocycles. The van der Waals surface area contributed by atoms with E-state index in [1.54, 1.807) is 11.0 Å². The van der Waals surface area contributed by atoms with Crippen molar-refractivity contribution in [2.24, 2.45) is 10.1 Å². The van der Waals surface area contributed by atoms with E-state index in [9.17, 15) is 9.59 Å². The number of amidine groups is 2. The lowest BCUT2D eigenvalue weighted by molar-refractivity contribution is -0.133. The molecule has 5 rings (SSSR count). The van der Waals surface area contributed by atoms with Crippen molar-refractivity contribution in [2.45, 2.75) is 34.1 Å². The van der Waals surface area contributed by atoms with Crippen LogP contribution in [0.4, 0.5) is 0 Å². The number of rotatable bonds is 4. The molecule has 1 aromatic carbocycles. The van der Waals surface area contributed by atoms with Gasteiger partial charge in [0.1, 0.15) is 5.04 Å². The highest BCUT2D eigenvalue weighted by molar-refractivity contribution is 8.27. The summed E-state index contributed by atoms with van der Waals surface area (Å²) in [4.78, 5) is 31.5. The number of amides is 2. The first-order valence-corrected chi connectivity index (χ1v) is 12.7. The first kappa shape index (κ1) is 24.2. The van der Waals surface area contributed by atoms with Crippen LogP contribution in [0.5, 0.6) is 0 Å². The monoisotopic (exact) mass is 504 g/mol. The van der Waals surface area contributed by atoms with Crippen molar-refractivity contribution in [3.8, 4) is 5.69 Å². The molecule has 0 radical (unpaired) electrons. The summed E-state index contributed by atoms with van der Waals surface area (Å²) in [6, 6.07) is 8.34. The summed E-state index contributed by atoms with van der Waals surface area (Å²) < 4.78 is 7.46. The first-order chi connectivity index (χ1) is 17.2. The molecule has 9 nitrogen and oxygen atoms in total. The fourth-order valence-corrected chi connectivity index (χ4v) is 5.55. The van der Waals surface area contributed by atoms with Gasteiger partial charge in [0.15, 0.2) is 5.84 Å². The Morgan fingerprint density at radius 3 is 2.64 bits per heavy atom. The van der Waals surface area contributed by atoms with Crippen LogP contribution >= 0.6 is 11.8 Å². The Hall–Kier alpha value is -3.50. The Labute approximate surface area is 214 Å². The number of carbonyl (C=O) groups is 2. The van der Waals surface area contributed by atoms with E-state index in [1.165, 1.54) is 22.3 Å². The molecule has 1 saturated heterocycles. The summed E-state index contributed by atoms with van der Waals surface area (Å²) in [5.41, 5.74) is 6.46. The summed E-state index contributed by atoms with van der Waals surface area (Å²) in [6.07, 6.45) is 1.82. The summed E-state index contributed by atoms with van der Waals surface area (Å²) >= 11 is 1.17. The molecule has 1 N–H and O–H groups in total. The van der Waals surface area contributed by atoms with Crippen LogP contribution in [0, 0.1) is 33.1 Å². The number of fused-ring (bicyclic) bond motifs is 1. The van der Waals surface area contributed by atoms with E-state index in [-0.39, 0.29) is 23.7 Å². The van der Waals surface area contributed by atoms with Crippen molar-refractivity contribution in [3.05, 3.63) is 57.9 Å². The van der Waals surface area contributed by atoms with Crippen LogP contribution in [0.2, 0.25) is 0 Å². The molecule has 1 fully saturated rings. The zero-order valence-corrected chi connectivity index (χ0v) is 21.6. The minimum Gasteiger partial charge on any atom is -0.378 e. The Morgan fingerprint density at radius 1 is 1.17 bits per heavy atom. The fraction of sp³-hybridized carbons (Fsp3) is 0.346. The lowest BCUT2D eigenvalue weighted by Gasteiger charge is -2.26. The van der Waals surface area contributed by atoms with E-state index < -0.39 is 5.91 Å². The van der Waals surface area contributed by atoms with Gasteiger partial charge in [-0.2, -0.15) is 15.1 Å². The number of hydrogen-bond acceptors (Lipinski definition) is 6. The number of nitrogens with zero attached hydrogens (tertiary/aromatic N) is 5. The number of nitrogens with one attached hydrogen (secondary N) is 1. The lowest BCUT2D eigenvalue weighted by atomic mass is 10.1. The van der Waals surface area contributed by atoms with Gasteiger partial charge in [-0.25, -0.2) is 0 Å². The maximum Gasteiger partial charge on any atom is 0.283 e. The van der Waals surface area contributed by atoms with Crippen molar-refractivity contribution in [1.29, 1.82) is 5.41 Å². The standard InChI is InChI=1S/C26H28N6O3S/c1-15-5-6-21(16(2)11-15)31-17(3)12-19(18(31)4)13-20-24(27)32-26(28-25(20)34)36-22(29-32)14-23(33)30-7-9-35-10-8-30/h5-6,11-13,27H,7-10,14H2,1-4H3/b20-13+,27-24?. The van der Waals surface area contributed by atoms with Gasteiger partial charge in [0.05, 0.1) is 25.2 Å². The maximum absolute atomic E-state index is 12.9. The molecular formula is C26H28N6O3S. The smallest absolute Gasteiger partial charge is 0.283 e. The number of ether oxygens (including phenoxy) is 1. The van der Waals surface area contributed by atoms with Crippen LogP contribution < -0.4 is 0 Å². The Bertz CT molecular complexity index is 1380. The third-order valence-corrected chi connectivity index (χ3v) is 7.43. The zero-order chi connectivity index (χ0) is 25.6. The van der Waals surface area contributed by atoms with E-state index in [0.29, 0.717) is 36.5 Å². The number of benzene rings is 1. The summed E-state index contributed by atoms with van der Waals surface area (Å²) in [6.45, 7) is 10.4. The van der Waals surface area contributed by atoms with Crippen LogP contribution in [0.3, 0.4) is 0 Å². The van der Waals surface area contributed by atoms with Crippen molar-refractivity contribution in [1.82, 2.24) is 14.5 Å². The molecule has 3 aliphatic rings. The van der Waals surface area contributed by atoms with Gasteiger partial charge in [0.25, 0.3) is 5.91 Å². The van der Waals surface area contributed by atoms with Crippen LogP contribution in [0.25, 0.3) is 11.8 Å². The van der Waals surface area contributed by atoms with E-state index in [1.807, 2.05) is 19.9 Å². The Kier molecular flexibility index (Phi) is 6.40. The average molecular weight is 505 g/mol. The molecule has 10 heteroatoms. The Balaban J connectivity index is 1.41. The number of morpholine rings is 1. The second-order valence-electron chi connectivity index (χ2n) is 9.14. The van der Waals surface area contributed by atoms with Gasteiger partial charge in [-0.15, -0.1) is 0 Å². The SMILES string of the molecule is Cc1ccc(-n2c(C)cc(/C=C3\C(=N)N4N=C(CC(=O)N5CCOCC5)SC4=NC3=O)c2C)c(C)c1. The van der Waals surface area contributed by atoms with Gasteiger partial charge in [0, 0.05) is 30.2 Å². The number of hydrazone groups is 1. The normalized spacial score (nSPS) is 19.1. The fourth-order valence-electron chi connectivity index (χ4n) is 4.67. The number of thioether (sulfide) groups is 1. The van der Waals surface area contributed by atoms with E-state index in [2.05, 4.69) is 46.7 Å². The van der Waals surface area contributed by atoms with Crippen LogP contribution in [-0.4, -0.2) is 68.6 Å². The number of aliphatic imine (C=N–C) groups is 1. The maximum atomic E-state index is 12.9. The van der Waals surface area contributed by atoms with Crippen molar-refractivity contribution < 1.29 is 14.3 Å². The molecule has 0 spiro atoms. The number of carbonyl (C=O) groups excluding carboxylic acids is 2. The molecule has 0 saturated carbocycles. The second kappa shape index (κ2) is 9.51. The van der Waals surface area contributed by atoms with Gasteiger partial charge >= 0.3 is 0 Å². The van der Waals surface area contributed by atoms with Crippen LogP contribution in [0.15, 0.2) is 39.9 Å². The summed E-state index contributed by atoms with van der Waals surface area (Å²) in [5, 5.41) is 15.3. The van der Waals surface area contributed by atoms with Crippen molar-refractivity contribution >= 4 is 45.7 Å². The zero-order valence-electron chi connectivity index (χ0n) is 20.8. The largest absolute Gasteiger partial charge is 0.378 e. The number of aryl methyl sites for hydroxylation is 3. The average Bonchev–Trinajstić information content (AvgIpc) is 3.37. The van der Waals surface area contributed by atoms with Gasteiger partial charge in [0.2, 0.25) is 11.1 Å².